The Labute approximate surface area is 164 Å². The average Bonchev–Trinajstić information content (AvgIpc) is 2.61. The number of nitrogens with one attached hydrogen (secondary N) is 1. The van der Waals surface area contributed by atoms with Gasteiger partial charge in [0.1, 0.15) is 11.1 Å². The summed E-state index contributed by atoms with van der Waals surface area (Å²) in [7, 11) is 0. The van der Waals surface area contributed by atoms with Gasteiger partial charge < -0.3 is 10.1 Å². The molecule has 0 saturated heterocycles. The van der Waals surface area contributed by atoms with Gasteiger partial charge in [-0.05, 0) is 31.4 Å². The molecule has 0 aromatic heterocycles. The first-order valence-corrected chi connectivity index (χ1v) is 10.3. The van der Waals surface area contributed by atoms with Crippen molar-refractivity contribution in [2.24, 2.45) is 0 Å². The van der Waals surface area contributed by atoms with Crippen molar-refractivity contribution in [2.75, 3.05) is 11.9 Å². The molecule has 0 bridgehead atoms. The van der Waals surface area contributed by atoms with Gasteiger partial charge in [-0.15, -0.1) is 11.8 Å². The van der Waals surface area contributed by atoms with E-state index in [1.54, 1.807) is 0 Å². The fourth-order valence-corrected chi connectivity index (χ4v) is 3.67. The molecule has 0 spiro atoms. The summed E-state index contributed by atoms with van der Waals surface area (Å²) in [6.07, 6.45) is 4.14. The van der Waals surface area contributed by atoms with Gasteiger partial charge in [-0.3, -0.25) is 9.59 Å². The van der Waals surface area contributed by atoms with Gasteiger partial charge in [0.2, 0.25) is 5.91 Å². The van der Waals surface area contributed by atoms with Crippen molar-refractivity contribution in [3.05, 3.63) is 23.0 Å². The number of esters is 1. The molecule has 0 heterocycles. The molecule has 7 heteroatoms. The summed E-state index contributed by atoms with van der Waals surface area (Å²) in [4.78, 5) is 24.7. The number of thioether (sulfide) groups is 1. The number of carbonyl (C=O) groups is 2. The zero-order valence-corrected chi connectivity index (χ0v) is 17.1. The maximum Gasteiger partial charge on any atom is 0.319 e. The predicted molar refractivity (Wildman–Crippen MR) is 105 cm³/mol. The van der Waals surface area contributed by atoms with E-state index in [1.807, 2.05) is 20.8 Å². The van der Waals surface area contributed by atoms with Crippen LogP contribution < -0.4 is 5.32 Å². The summed E-state index contributed by atoms with van der Waals surface area (Å²) in [5, 5.41) is 2.37. The Kier molecular flexibility index (Phi) is 10.7. The van der Waals surface area contributed by atoms with Crippen molar-refractivity contribution in [2.45, 2.75) is 69.4 Å². The van der Waals surface area contributed by atoms with E-state index < -0.39 is 11.1 Å². The quantitative estimate of drug-likeness (QED) is 0.373. The molecule has 0 aliphatic heterocycles. The molecule has 0 saturated carbocycles. The maximum absolute atomic E-state index is 14.1. The lowest BCUT2D eigenvalue weighted by molar-refractivity contribution is -0.143. The lowest BCUT2D eigenvalue weighted by Crippen LogP contribution is -2.20. The fourth-order valence-electron chi connectivity index (χ4n) is 2.20. The van der Waals surface area contributed by atoms with Crippen LogP contribution >= 0.6 is 23.4 Å². The third-order valence-electron chi connectivity index (χ3n) is 3.58. The molecule has 0 aliphatic carbocycles. The minimum absolute atomic E-state index is 0.0789. The van der Waals surface area contributed by atoms with E-state index in [0.717, 1.165) is 25.7 Å². The third-order valence-corrected chi connectivity index (χ3v) is 5.31. The van der Waals surface area contributed by atoms with Crippen LogP contribution in [0, 0.1) is 5.82 Å². The number of carbonyl (C=O) groups excluding carboxylic acids is 2. The summed E-state index contributed by atoms with van der Waals surface area (Å²) < 4.78 is 19.4. The highest BCUT2D eigenvalue weighted by Gasteiger charge is 2.23. The molecule has 1 unspecified atom stereocenters. The van der Waals surface area contributed by atoms with Crippen LogP contribution in [-0.4, -0.2) is 23.7 Å². The van der Waals surface area contributed by atoms with E-state index in [2.05, 4.69) is 5.32 Å². The number of unbranched alkanes of at least 4 members (excludes halogenated alkanes) is 1. The SMILES string of the molecule is CCCCC(=O)Nc1cc(SC(CCC)C(=O)OCCC)c(Cl)cc1F. The van der Waals surface area contributed by atoms with Crippen LogP contribution in [0.1, 0.15) is 59.3 Å². The number of rotatable bonds is 11. The Morgan fingerprint density at radius 2 is 1.96 bits per heavy atom. The Hall–Kier alpha value is -1.27. The van der Waals surface area contributed by atoms with Crippen LogP contribution in [-0.2, 0) is 14.3 Å². The highest BCUT2D eigenvalue weighted by molar-refractivity contribution is 8.00. The summed E-state index contributed by atoms with van der Waals surface area (Å²) in [6, 6.07) is 2.65. The van der Waals surface area contributed by atoms with E-state index in [1.165, 1.54) is 23.9 Å². The smallest absolute Gasteiger partial charge is 0.319 e. The third kappa shape index (κ3) is 7.54. The second kappa shape index (κ2) is 12.2. The molecule has 1 aromatic carbocycles. The average molecular weight is 404 g/mol. The van der Waals surface area contributed by atoms with Gasteiger partial charge in [-0.2, -0.15) is 0 Å². The first-order valence-electron chi connectivity index (χ1n) is 9.05. The number of benzene rings is 1. The molecule has 146 valence electrons. The maximum atomic E-state index is 14.1. The first kappa shape index (κ1) is 22.8. The van der Waals surface area contributed by atoms with Crippen LogP contribution in [0.5, 0.6) is 0 Å². The largest absolute Gasteiger partial charge is 0.465 e. The van der Waals surface area contributed by atoms with Crippen molar-refractivity contribution in [3.8, 4) is 0 Å². The first-order chi connectivity index (χ1) is 12.4. The topological polar surface area (TPSA) is 55.4 Å². The monoisotopic (exact) mass is 403 g/mol. The highest BCUT2D eigenvalue weighted by atomic mass is 35.5. The normalized spacial score (nSPS) is 11.9. The van der Waals surface area contributed by atoms with E-state index in [4.69, 9.17) is 16.3 Å². The van der Waals surface area contributed by atoms with Crippen molar-refractivity contribution in [1.82, 2.24) is 0 Å². The number of hydrogen-bond donors (Lipinski definition) is 1. The second-order valence-corrected chi connectivity index (χ2v) is 7.63. The molecule has 26 heavy (non-hydrogen) atoms. The van der Waals surface area contributed by atoms with Crippen molar-refractivity contribution in [3.63, 3.8) is 0 Å². The van der Waals surface area contributed by atoms with Crippen LogP contribution in [0.4, 0.5) is 10.1 Å². The molecule has 1 N–H and O–H groups in total. The Morgan fingerprint density at radius 1 is 1.23 bits per heavy atom. The van der Waals surface area contributed by atoms with Gasteiger partial charge >= 0.3 is 5.97 Å². The lowest BCUT2D eigenvalue weighted by atomic mass is 10.2. The van der Waals surface area contributed by atoms with Crippen molar-refractivity contribution < 1.29 is 18.7 Å². The molecule has 0 aliphatic rings. The molecule has 0 fully saturated rings. The van der Waals surface area contributed by atoms with Crippen LogP contribution in [0.15, 0.2) is 17.0 Å². The second-order valence-electron chi connectivity index (χ2n) is 5.98. The zero-order valence-electron chi connectivity index (χ0n) is 15.6. The summed E-state index contributed by atoms with van der Waals surface area (Å²) >= 11 is 7.39. The van der Waals surface area contributed by atoms with Crippen molar-refractivity contribution in [1.29, 1.82) is 0 Å². The van der Waals surface area contributed by atoms with Gasteiger partial charge in [0, 0.05) is 11.3 Å². The Morgan fingerprint density at radius 3 is 2.58 bits per heavy atom. The standard InChI is InChI=1S/C19H27ClFNO3S/c1-4-7-9-18(23)22-15-12-17(13(20)11-14(15)21)26-16(8-5-2)19(24)25-10-6-3/h11-12,16H,4-10H2,1-3H3,(H,22,23). The van der Waals surface area contributed by atoms with E-state index >= 15 is 0 Å². The molecule has 1 amide bonds. The summed E-state index contributed by atoms with van der Waals surface area (Å²) in [5.41, 5.74) is 0.0789. The molecule has 1 aromatic rings. The van der Waals surface area contributed by atoms with Gasteiger partial charge in [0.15, 0.2) is 0 Å². The Bertz CT molecular complexity index is 613. The van der Waals surface area contributed by atoms with E-state index in [9.17, 15) is 14.0 Å². The van der Waals surface area contributed by atoms with Crippen LogP contribution in [0.25, 0.3) is 0 Å². The van der Waals surface area contributed by atoms with Crippen molar-refractivity contribution >= 4 is 40.9 Å². The molecule has 4 nitrogen and oxygen atoms in total. The molecular weight excluding hydrogens is 377 g/mol. The van der Waals surface area contributed by atoms with E-state index in [0.29, 0.717) is 24.3 Å². The summed E-state index contributed by atoms with van der Waals surface area (Å²) in [6.45, 7) is 6.26. The van der Waals surface area contributed by atoms with E-state index in [-0.39, 0.29) is 22.6 Å². The fraction of sp³-hybridized carbons (Fsp3) is 0.579. The van der Waals surface area contributed by atoms with Crippen LogP contribution in [0.3, 0.4) is 0 Å². The minimum atomic E-state index is -0.593. The van der Waals surface area contributed by atoms with Crippen LogP contribution in [0.2, 0.25) is 5.02 Å². The number of anilines is 1. The predicted octanol–water partition coefficient (Wildman–Crippen LogP) is 5.82. The molecule has 0 radical (unpaired) electrons. The molecular formula is C19H27ClFNO3S. The molecule has 1 atom stereocenters. The van der Waals surface area contributed by atoms with Gasteiger partial charge in [-0.25, -0.2) is 4.39 Å². The Balaban J connectivity index is 2.93. The molecule has 1 rings (SSSR count). The van der Waals surface area contributed by atoms with Gasteiger partial charge in [-0.1, -0.05) is 45.2 Å². The number of hydrogen-bond acceptors (Lipinski definition) is 4. The minimum Gasteiger partial charge on any atom is -0.465 e. The zero-order chi connectivity index (χ0) is 19.5. The van der Waals surface area contributed by atoms with Gasteiger partial charge in [0.05, 0.1) is 17.3 Å². The number of ether oxygens (including phenoxy) is 1. The number of halogens is 2. The highest BCUT2D eigenvalue weighted by Crippen LogP contribution is 2.36. The lowest BCUT2D eigenvalue weighted by Gasteiger charge is -2.17. The summed E-state index contributed by atoms with van der Waals surface area (Å²) in [5.74, 6) is -1.13. The number of amides is 1. The van der Waals surface area contributed by atoms with Gasteiger partial charge in [0.25, 0.3) is 0 Å².